The summed E-state index contributed by atoms with van der Waals surface area (Å²) >= 11 is 9.23. The fourth-order valence-electron chi connectivity index (χ4n) is 2.33. The van der Waals surface area contributed by atoms with Crippen LogP contribution >= 0.6 is 27.5 Å². The molecule has 1 aliphatic heterocycles. The zero-order chi connectivity index (χ0) is 15.5. The van der Waals surface area contributed by atoms with Gasteiger partial charge >= 0.3 is 0 Å². The second kappa shape index (κ2) is 6.99. The van der Waals surface area contributed by atoms with E-state index in [2.05, 4.69) is 15.9 Å². The third-order valence-electron chi connectivity index (χ3n) is 3.18. The van der Waals surface area contributed by atoms with E-state index in [1.807, 2.05) is 13.8 Å². The van der Waals surface area contributed by atoms with Crippen molar-refractivity contribution in [3.63, 3.8) is 0 Å². The number of nitrogens with zero attached hydrogens (tertiary/aromatic N) is 1. The maximum Gasteiger partial charge on any atom is 0.260 e. The number of benzene rings is 1. The minimum atomic E-state index is -0.341. The molecule has 21 heavy (non-hydrogen) atoms. The van der Waals surface area contributed by atoms with E-state index in [0.717, 1.165) is 0 Å². The normalized spacial score (nSPS) is 21.1. The molecular weight excluding hydrogens is 358 g/mol. The van der Waals surface area contributed by atoms with E-state index in [0.29, 0.717) is 29.2 Å². The van der Waals surface area contributed by atoms with E-state index in [4.69, 9.17) is 21.1 Å². The lowest BCUT2D eigenvalue weighted by Gasteiger charge is -2.42. The Morgan fingerprint density at radius 2 is 2.14 bits per heavy atom. The molecule has 6 heteroatoms. The molecule has 1 aromatic carbocycles. The molecule has 1 saturated heterocycles. The van der Waals surface area contributed by atoms with Gasteiger partial charge < -0.3 is 14.4 Å². The Morgan fingerprint density at radius 3 is 2.76 bits per heavy atom. The summed E-state index contributed by atoms with van der Waals surface area (Å²) in [6.45, 7) is 5.15. The molecule has 1 aliphatic rings. The van der Waals surface area contributed by atoms with Gasteiger partial charge in [-0.25, -0.2) is 0 Å². The van der Waals surface area contributed by atoms with Gasteiger partial charge in [-0.2, -0.15) is 0 Å². The Morgan fingerprint density at radius 1 is 1.48 bits per heavy atom. The summed E-state index contributed by atoms with van der Waals surface area (Å²) in [6.07, 6.45) is 0.00762. The van der Waals surface area contributed by atoms with Crippen LogP contribution in [-0.2, 0) is 9.53 Å². The number of hydrogen-bond acceptors (Lipinski definition) is 3. The predicted octanol–water partition coefficient (Wildman–Crippen LogP) is 3.12. The lowest BCUT2D eigenvalue weighted by molar-refractivity contribution is -0.158. The summed E-state index contributed by atoms with van der Waals surface area (Å²) in [7, 11) is 0. The standard InChI is InChI=1S/C15H19BrClNO3/c1-15(2)10-18(8-13(7-16)21-15)14(19)9-20-12-5-3-11(17)4-6-12/h3-6,13H,7-10H2,1-2H3. The van der Waals surface area contributed by atoms with Gasteiger partial charge in [-0.05, 0) is 38.1 Å². The molecular formula is C15H19BrClNO3. The molecule has 0 aromatic heterocycles. The number of halogens is 2. The summed E-state index contributed by atoms with van der Waals surface area (Å²) in [5.41, 5.74) is -0.341. The van der Waals surface area contributed by atoms with E-state index in [-0.39, 0.29) is 24.2 Å². The zero-order valence-corrected chi connectivity index (χ0v) is 14.5. The lowest BCUT2D eigenvalue weighted by atomic mass is 10.1. The monoisotopic (exact) mass is 375 g/mol. The van der Waals surface area contributed by atoms with Crippen molar-refractivity contribution in [2.24, 2.45) is 0 Å². The van der Waals surface area contributed by atoms with E-state index >= 15 is 0 Å². The second-order valence-corrected chi connectivity index (χ2v) is 6.75. The second-order valence-electron chi connectivity index (χ2n) is 5.67. The molecule has 116 valence electrons. The Hall–Kier alpha value is -0.780. The molecule has 0 spiro atoms. The number of ether oxygens (including phenoxy) is 2. The first-order valence-corrected chi connectivity index (χ1v) is 8.29. The summed E-state index contributed by atoms with van der Waals surface area (Å²) in [4.78, 5) is 14.1. The molecule has 1 atom stereocenters. The molecule has 1 unspecified atom stereocenters. The first-order chi connectivity index (χ1) is 9.89. The van der Waals surface area contributed by atoms with Crippen molar-refractivity contribution in [2.45, 2.75) is 25.6 Å². The Bertz CT molecular complexity index is 492. The highest BCUT2D eigenvalue weighted by atomic mass is 79.9. The van der Waals surface area contributed by atoms with E-state index in [1.165, 1.54) is 0 Å². The minimum Gasteiger partial charge on any atom is -0.484 e. The van der Waals surface area contributed by atoms with Gasteiger partial charge in [-0.15, -0.1) is 0 Å². The maximum absolute atomic E-state index is 12.3. The number of amides is 1. The molecule has 1 amide bonds. The number of hydrogen-bond donors (Lipinski definition) is 0. The van der Waals surface area contributed by atoms with Gasteiger partial charge in [0.1, 0.15) is 5.75 Å². The van der Waals surface area contributed by atoms with Gasteiger partial charge in [-0.1, -0.05) is 27.5 Å². The van der Waals surface area contributed by atoms with Crippen LogP contribution in [0.2, 0.25) is 5.02 Å². The molecule has 2 rings (SSSR count). The largest absolute Gasteiger partial charge is 0.484 e. The van der Waals surface area contributed by atoms with Crippen molar-refractivity contribution in [1.29, 1.82) is 0 Å². The van der Waals surface area contributed by atoms with Crippen molar-refractivity contribution in [3.05, 3.63) is 29.3 Å². The summed E-state index contributed by atoms with van der Waals surface area (Å²) in [5, 5.41) is 1.35. The predicted molar refractivity (Wildman–Crippen MR) is 86.3 cm³/mol. The van der Waals surface area contributed by atoms with Crippen LogP contribution in [0.25, 0.3) is 0 Å². The number of alkyl halides is 1. The minimum absolute atomic E-state index is 0.00762. The van der Waals surface area contributed by atoms with Crippen LogP contribution in [-0.4, -0.2) is 47.5 Å². The van der Waals surface area contributed by atoms with Crippen LogP contribution in [0.5, 0.6) is 5.75 Å². The van der Waals surface area contributed by atoms with Crippen molar-refractivity contribution >= 4 is 33.4 Å². The van der Waals surface area contributed by atoms with E-state index in [9.17, 15) is 4.79 Å². The smallest absolute Gasteiger partial charge is 0.260 e. The van der Waals surface area contributed by atoms with Crippen LogP contribution in [0.15, 0.2) is 24.3 Å². The average Bonchev–Trinajstić information content (AvgIpc) is 2.44. The van der Waals surface area contributed by atoms with Gasteiger partial charge in [0.15, 0.2) is 6.61 Å². The third-order valence-corrected chi connectivity index (χ3v) is 4.16. The van der Waals surface area contributed by atoms with Crippen molar-refractivity contribution in [2.75, 3.05) is 25.0 Å². The Labute approximate surface area is 138 Å². The van der Waals surface area contributed by atoms with Crippen LogP contribution in [0, 0.1) is 0 Å². The van der Waals surface area contributed by atoms with Crippen LogP contribution in [0.1, 0.15) is 13.8 Å². The quantitative estimate of drug-likeness (QED) is 0.758. The van der Waals surface area contributed by atoms with Crippen LogP contribution in [0.4, 0.5) is 0 Å². The fraction of sp³-hybridized carbons (Fsp3) is 0.533. The number of rotatable bonds is 4. The number of carbonyl (C=O) groups is 1. The fourth-order valence-corrected chi connectivity index (χ4v) is 2.80. The molecule has 0 aliphatic carbocycles. The average molecular weight is 377 g/mol. The van der Waals surface area contributed by atoms with Crippen LogP contribution < -0.4 is 4.74 Å². The molecule has 1 fully saturated rings. The molecule has 0 saturated carbocycles. The SMILES string of the molecule is CC1(C)CN(C(=O)COc2ccc(Cl)cc2)CC(CBr)O1. The highest BCUT2D eigenvalue weighted by Crippen LogP contribution is 2.22. The molecule has 1 aromatic rings. The van der Waals surface area contributed by atoms with Gasteiger partial charge in [0.25, 0.3) is 5.91 Å². The van der Waals surface area contributed by atoms with Crippen molar-refractivity contribution in [3.8, 4) is 5.75 Å². The summed E-state index contributed by atoms with van der Waals surface area (Å²) in [6, 6.07) is 6.97. The molecule has 1 heterocycles. The number of carbonyl (C=O) groups excluding carboxylic acids is 1. The molecule has 0 radical (unpaired) electrons. The third kappa shape index (κ3) is 4.87. The van der Waals surface area contributed by atoms with Crippen molar-refractivity contribution in [1.82, 2.24) is 4.90 Å². The number of morpholine rings is 1. The summed E-state index contributed by atoms with van der Waals surface area (Å²) < 4.78 is 11.4. The summed E-state index contributed by atoms with van der Waals surface area (Å²) in [5.74, 6) is 0.601. The van der Waals surface area contributed by atoms with Gasteiger partial charge in [0, 0.05) is 23.4 Å². The first kappa shape index (κ1) is 16.6. The van der Waals surface area contributed by atoms with Crippen molar-refractivity contribution < 1.29 is 14.3 Å². The van der Waals surface area contributed by atoms with E-state index < -0.39 is 0 Å². The van der Waals surface area contributed by atoms with E-state index in [1.54, 1.807) is 29.2 Å². The van der Waals surface area contributed by atoms with Gasteiger partial charge in [0.2, 0.25) is 0 Å². The molecule has 0 N–H and O–H groups in total. The molecule has 4 nitrogen and oxygen atoms in total. The maximum atomic E-state index is 12.3. The highest BCUT2D eigenvalue weighted by Gasteiger charge is 2.35. The van der Waals surface area contributed by atoms with Gasteiger partial charge in [-0.3, -0.25) is 4.79 Å². The Balaban J connectivity index is 1.91. The zero-order valence-electron chi connectivity index (χ0n) is 12.1. The lowest BCUT2D eigenvalue weighted by Crippen LogP contribution is -2.56. The molecule has 0 bridgehead atoms. The van der Waals surface area contributed by atoms with Gasteiger partial charge in [0.05, 0.1) is 11.7 Å². The first-order valence-electron chi connectivity index (χ1n) is 6.79. The highest BCUT2D eigenvalue weighted by molar-refractivity contribution is 9.09. The topological polar surface area (TPSA) is 38.8 Å². The Kier molecular flexibility index (Phi) is 5.52. The van der Waals surface area contributed by atoms with Crippen LogP contribution in [0.3, 0.4) is 0 Å².